The summed E-state index contributed by atoms with van der Waals surface area (Å²) >= 11 is 6.43. The molecule has 0 N–H and O–H groups in total. The minimum Gasteiger partial charge on any atom is -0.365 e. The third-order valence-corrected chi connectivity index (χ3v) is 7.22. The predicted molar refractivity (Wildman–Crippen MR) is 136 cm³/mol. The van der Waals surface area contributed by atoms with Gasteiger partial charge in [0.1, 0.15) is 5.02 Å². The number of Topliss-reactive ketones (excluding diaryl/α,β-unsaturated/α-hetero) is 1. The summed E-state index contributed by atoms with van der Waals surface area (Å²) < 4.78 is 1.28. The largest absolute Gasteiger partial charge is 0.365 e. The first-order valence-corrected chi connectivity index (χ1v) is 12.4. The van der Waals surface area contributed by atoms with Crippen LogP contribution in [0.3, 0.4) is 0 Å². The number of aromatic nitrogens is 2. The Morgan fingerprint density at radius 2 is 1.66 bits per heavy atom. The number of ketones is 1. The number of para-hydroxylation sites is 1. The molecule has 0 spiro atoms. The first-order chi connectivity index (χ1) is 17.0. The molecule has 2 aliphatic rings. The van der Waals surface area contributed by atoms with Gasteiger partial charge in [-0.1, -0.05) is 41.9 Å². The molecule has 0 saturated carbocycles. The van der Waals surface area contributed by atoms with Gasteiger partial charge in [-0.3, -0.25) is 14.4 Å². The zero-order valence-electron chi connectivity index (χ0n) is 19.5. The van der Waals surface area contributed by atoms with E-state index in [9.17, 15) is 14.4 Å². The van der Waals surface area contributed by atoms with Gasteiger partial charge >= 0.3 is 0 Å². The SMILES string of the molecule is O=C(CCC(=O)N1CCN(c2cnn(-c3ccccc3)c(=O)c2Cl)CC1)c1ccc2c(c1)CCC2. The minimum atomic E-state index is -0.376. The Kier molecular flexibility index (Phi) is 6.68. The van der Waals surface area contributed by atoms with Crippen molar-refractivity contribution in [2.45, 2.75) is 32.1 Å². The Balaban J connectivity index is 1.17. The second-order valence-corrected chi connectivity index (χ2v) is 9.40. The summed E-state index contributed by atoms with van der Waals surface area (Å²) in [5.41, 5.74) is 4.15. The highest BCUT2D eigenvalue weighted by atomic mass is 35.5. The molecule has 5 rings (SSSR count). The number of carbonyl (C=O) groups excluding carboxylic acids is 2. The number of nitrogens with zero attached hydrogens (tertiary/aromatic N) is 4. The van der Waals surface area contributed by atoms with Crippen LogP contribution in [0.1, 0.15) is 40.7 Å². The van der Waals surface area contributed by atoms with Crippen molar-refractivity contribution >= 4 is 29.0 Å². The number of rotatable bonds is 6. The summed E-state index contributed by atoms with van der Waals surface area (Å²) in [5, 5.41) is 4.41. The number of piperazine rings is 1. The molecule has 1 amide bonds. The van der Waals surface area contributed by atoms with E-state index in [1.54, 1.807) is 23.2 Å². The molecule has 8 heteroatoms. The monoisotopic (exact) mass is 490 g/mol. The smallest absolute Gasteiger partial charge is 0.292 e. The molecule has 1 aliphatic carbocycles. The van der Waals surface area contributed by atoms with E-state index in [-0.39, 0.29) is 35.1 Å². The molecule has 1 fully saturated rings. The molecular formula is C27H27ClN4O3. The van der Waals surface area contributed by atoms with Gasteiger partial charge < -0.3 is 9.80 Å². The molecule has 0 bridgehead atoms. The summed E-state index contributed by atoms with van der Waals surface area (Å²) in [6.07, 6.45) is 5.27. The van der Waals surface area contributed by atoms with E-state index in [1.165, 1.54) is 15.8 Å². The molecule has 180 valence electrons. The summed E-state index contributed by atoms with van der Waals surface area (Å²) in [6.45, 7) is 2.09. The van der Waals surface area contributed by atoms with Crippen molar-refractivity contribution in [2.75, 3.05) is 31.1 Å². The van der Waals surface area contributed by atoms with Crippen LogP contribution in [0.5, 0.6) is 0 Å². The second kappa shape index (κ2) is 10.0. The summed E-state index contributed by atoms with van der Waals surface area (Å²) in [5.74, 6) is -0.00796. The number of anilines is 1. The molecule has 0 atom stereocenters. The standard InChI is InChI=1S/C27H27ClN4O3/c28-26-23(18-29-32(27(26)35)22-7-2-1-3-8-22)30-13-15-31(16-14-30)25(34)12-11-24(33)21-10-9-19-5-4-6-20(19)17-21/h1-3,7-10,17-18H,4-6,11-16H2. The van der Waals surface area contributed by atoms with E-state index >= 15 is 0 Å². The molecule has 7 nitrogen and oxygen atoms in total. The summed E-state index contributed by atoms with van der Waals surface area (Å²) in [4.78, 5) is 41.9. The summed E-state index contributed by atoms with van der Waals surface area (Å²) in [7, 11) is 0. The highest BCUT2D eigenvalue weighted by Crippen LogP contribution is 2.25. The van der Waals surface area contributed by atoms with Crippen LogP contribution in [-0.4, -0.2) is 52.5 Å². The Morgan fingerprint density at radius 1 is 0.914 bits per heavy atom. The second-order valence-electron chi connectivity index (χ2n) is 9.02. The third-order valence-electron chi connectivity index (χ3n) is 6.86. The van der Waals surface area contributed by atoms with E-state index in [4.69, 9.17) is 11.6 Å². The third kappa shape index (κ3) is 4.86. The quantitative estimate of drug-likeness (QED) is 0.493. The number of amides is 1. The molecule has 3 aromatic rings. The van der Waals surface area contributed by atoms with Crippen molar-refractivity contribution in [2.24, 2.45) is 0 Å². The molecule has 35 heavy (non-hydrogen) atoms. The maximum absolute atomic E-state index is 12.8. The lowest BCUT2D eigenvalue weighted by Gasteiger charge is -2.36. The average molecular weight is 491 g/mol. The molecule has 0 unspecified atom stereocenters. The number of fused-ring (bicyclic) bond motifs is 1. The lowest BCUT2D eigenvalue weighted by molar-refractivity contribution is -0.131. The maximum Gasteiger partial charge on any atom is 0.292 e. The van der Waals surface area contributed by atoms with Crippen LogP contribution in [0, 0.1) is 0 Å². The van der Waals surface area contributed by atoms with Crippen molar-refractivity contribution in [3.63, 3.8) is 0 Å². The molecule has 1 aliphatic heterocycles. The molecular weight excluding hydrogens is 464 g/mol. The van der Waals surface area contributed by atoms with Crippen molar-refractivity contribution in [1.29, 1.82) is 0 Å². The van der Waals surface area contributed by atoms with Crippen LogP contribution in [0.25, 0.3) is 5.69 Å². The van der Waals surface area contributed by atoms with Crippen LogP contribution >= 0.6 is 11.6 Å². The molecule has 2 heterocycles. The average Bonchev–Trinajstić information content (AvgIpc) is 3.37. The van der Waals surface area contributed by atoms with Crippen molar-refractivity contribution in [3.8, 4) is 5.69 Å². The van der Waals surface area contributed by atoms with Gasteiger partial charge in [-0.25, -0.2) is 0 Å². The van der Waals surface area contributed by atoms with Gasteiger partial charge in [0, 0.05) is 44.6 Å². The molecule has 0 radical (unpaired) electrons. The molecule has 1 aromatic heterocycles. The fourth-order valence-electron chi connectivity index (χ4n) is 4.86. The zero-order valence-corrected chi connectivity index (χ0v) is 20.2. The highest BCUT2D eigenvalue weighted by Gasteiger charge is 2.25. The van der Waals surface area contributed by atoms with E-state index in [1.807, 2.05) is 35.2 Å². The van der Waals surface area contributed by atoms with E-state index in [0.717, 1.165) is 19.3 Å². The fraction of sp³-hybridized carbons (Fsp3) is 0.333. The van der Waals surface area contributed by atoms with Crippen LogP contribution in [0.4, 0.5) is 5.69 Å². The van der Waals surface area contributed by atoms with E-state index in [0.29, 0.717) is 43.1 Å². The van der Waals surface area contributed by atoms with Gasteiger partial charge in [-0.05, 0) is 48.6 Å². The first kappa shape index (κ1) is 23.3. The lowest BCUT2D eigenvalue weighted by atomic mass is 10.0. The number of hydrogen-bond acceptors (Lipinski definition) is 5. The van der Waals surface area contributed by atoms with Gasteiger partial charge in [0.15, 0.2) is 5.78 Å². The van der Waals surface area contributed by atoms with Gasteiger partial charge in [0.2, 0.25) is 5.91 Å². The number of benzene rings is 2. The Morgan fingerprint density at radius 3 is 2.43 bits per heavy atom. The predicted octanol–water partition coefficient (Wildman–Crippen LogP) is 3.69. The van der Waals surface area contributed by atoms with Crippen molar-refractivity contribution in [3.05, 3.63) is 86.8 Å². The van der Waals surface area contributed by atoms with Gasteiger partial charge in [0.05, 0.1) is 17.6 Å². The molecule has 2 aromatic carbocycles. The van der Waals surface area contributed by atoms with Gasteiger partial charge in [-0.15, -0.1) is 0 Å². The van der Waals surface area contributed by atoms with Crippen LogP contribution in [-0.2, 0) is 17.6 Å². The Labute approximate surface area is 208 Å². The normalized spacial score (nSPS) is 15.2. The maximum atomic E-state index is 12.8. The fourth-order valence-corrected chi connectivity index (χ4v) is 5.11. The van der Waals surface area contributed by atoms with E-state index < -0.39 is 0 Å². The Hall–Kier alpha value is -3.45. The van der Waals surface area contributed by atoms with Crippen LogP contribution < -0.4 is 10.5 Å². The number of halogens is 1. The number of carbonyl (C=O) groups is 2. The zero-order chi connectivity index (χ0) is 24.4. The van der Waals surface area contributed by atoms with Gasteiger partial charge in [0.25, 0.3) is 5.56 Å². The Bertz CT molecular complexity index is 1310. The molecule has 1 saturated heterocycles. The van der Waals surface area contributed by atoms with Gasteiger partial charge in [-0.2, -0.15) is 9.78 Å². The topological polar surface area (TPSA) is 75.5 Å². The lowest BCUT2D eigenvalue weighted by Crippen LogP contribution is -2.49. The van der Waals surface area contributed by atoms with Crippen LogP contribution in [0.2, 0.25) is 5.02 Å². The van der Waals surface area contributed by atoms with Crippen LogP contribution in [0.15, 0.2) is 59.5 Å². The first-order valence-electron chi connectivity index (χ1n) is 12.0. The minimum absolute atomic E-state index is 0.0172. The summed E-state index contributed by atoms with van der Waals surface area (Å²) in [6, 6.07) is 15.1. The van der Waals surface area contributed by atoms with E-state index in [2.05, 4.69) is 11.2 Å². The number of aryl methyl sites for hydroxylation is 2. The highest BCUT2D eigenvalue weighted by molar-refractivity contribution is 6.33. The van der Waals surface area contributed by atoms with Crippen molar-refractivity contribution < 1.29 is 9.59 Å². The van der Waals surface area contributed by atoms with Crippen molar-refractivity contribution in [1.82, 2.24) is 14.7 Å². The number of hydrogen-bond donors (Lipinski definition) is 0.